The second-order valence-electron chi connectivity index (χ2n) is 3.99. The van der Waals surface area contributed by atoms with Gasteiger partial charge in [0.1, 0.15) is 0 Å². The van der Waals surface area contributed by atoms with E-state index in [-0.39, 0.29) is 0 Å². The van der Waals surface area contributed by atoms with E-state index >= 15 is 0 Å². The van der Waals surface area contributed by atoms with Crippen LogP contribution in [0.15, 0.2) is 29.2 Å². The van der Waals surface area contributed by atoms with Crippen molar-refractivity contribution < 1.29 is 0 Å². The van der Waals surface area contributed by atoms with Gasteiger partial charge in [0.15, 0.2) is 0 Å². The first-order valence-corrected chi connectivity index (χ1v) is 6.23. The van der Waals surface area contributed by atoms with Gasteiger partial charge in [-0.15, -0.1) is 11.8 Å². The van der Waals surface area contributed by atoms with Gasteiger partial charge in [-0.05, 0) is 42.2 Å². The van der Waals surface area contributed by atoms with Crippen LogP contribution in [0.25, 0.3) is 0 Å². The molecule has 1 nitrogen and oxygen atoms in total. The fourth-order valence-corrected chi connectivity index (χ4v) is 3.28. The van der Waals surface area contributed by atoms with Gasteiger partial charge < -0.3 is 5.73 Å². The van der Waals surface area contributed by atoms with Gasteiger partial charge in [0.25, 0.3) is 0 Å². The average Bonchev–Trinajstić information content (AvgIpc) is 2.27. The summed E-state index contributed by atoms with van der Waals surface area (Å²) in [5.74, 6) is 2.53. The Morgan fingerprint density at radius 1 is 1.50 bits per heavy atom. The van der Waals surface area contributed by atoms with E-state index in [1.54, 1.807) is 0 Å². The first kappa shape index (κ1) is 10.1. The van der Waals surface area contributed by atoms with E-state index in [0.717, 1.165) is 6.54 Å². The van der Waals surface area contributed by atoms with Crippen molar-refractivity contribution in [3.05, 3.63) is 29.8 Å². The Hall–Kier alpha value is -0.470. The predicted molar refractivity (Wildman–Crippen MR) is 62.7 cm³/mol. The molecule has 1 aromatic rings. The van der Waals surface area contributed by atoms with E-state index in [1.807, 2.05) is 11.8 Å². The summed E-state index contributed by atoms with van der Waals surface area (Å²) in [4.78, 5) is 1.46. The summed E-state index contributed by atoms with van der Waals surface area (Å²) in [5.41, 5.74) is 7.27. The number of thioether (sulfide) groups is 1. The maximum atomic E-state index is 5.75. The lowest BCUT2D eigenvalue weighted by Gasteiger charge is -2.29. The molecule has 1 aromatic carbocycles. The third kappa shape index (κ3) is 1.82. The number of hydrogen-bond acceptors (Lipinski definition) is 2. The molecule has 0 saturated carbocycles. The van der Waals surface area contributed by atoms with E-state index in [9.17, 15) is 0 Å². The Kier molecular flexibility index (Phi) is 3.14. The van der Waals surface area contributed by atoms with Gasteiger partial charge in [0, 0.05) is 4.90 Å². The number of fused-ring (bicyclic) bond motifs is 1. The van der Waals surface area contributed by atoms with Crippen molar-refractivity contribution in [2.45, 2.75) is 24.2 Å². The van der Waals surface area contributed by atoms with E-state index in [2.05, 4.69) is 31.2 Å². The summed E-state index contributed by atoms with van der Waals surface area (Å²) in [6.45, 7) is 3.06. The van der Waals surface area contributed by atoms with Crippen LogP contribution in [0.2, 0.25) is 0 Å². The zero-order valence-corrected chi connectivity index (χ0v) is 9.39. The Morgan fingerprint density at radius 2 is 2.29 bits per heavy atom. The van der Waals surface area contributed by atoms with Crippen LogP contribution in [0.5, 0.6) is 0 Å². The summed E-state index contributed by atoms with van der Waals surface area (Å²) < 4.78 is 0. The zero-order chi connectivity index (χ0) is 9.97. The van der Waals surface area contributed by atoms with Crippen LogP contribution < -0.4 is 5.73 Å². The summed E-state index contributed by atoms with van der Waals surface area (Å²) in [7, 11) is 0. The predicted octanol–water partition coefficient (Wildman–Crippen LogP) is 2.86. The van der Waals surface area contributed by atoms with E-state index in [4.69, 9.17) is 5.73 Å². The molecule has 2 rings (SSSR count). The molecule has 0 aromatic heterocycles. The largest absolute Gasteiger partial charge is 0.330 e. The third-order valence-electron chi connectivity index (χ3n) is 3.06. The van der Waals surface area contributed by atoms with Crippen LogP contribution in [-0.4, -0.2) is 12.3 Å². The average molecular weight is 207 g/mol. The van der Waals surface area contributed by atoms with Crippen LogP contribution in [-0.2, 0) is 0 Å². The fourth-order valence-electron chi connectivity index (χ4n) is 2.12. The van der Waals surface area contributed by atoms with E-state index in [1.165, 1.54) is 22.6 Å². The van der Waals surface area contributed by atoms with E-state index < -0.39 is 0 Å². The maximum absolute atomic E-state index is 5.75. The second kappa shape index (κ2) is 4.37. The molecular formula is C12H17NS. The smallest absolute Gasteiger partial charge is 0.0107 e. The molecule has 0 spiro atoms. The van der Waals surface area contributed by atoms with Crippen LogP contribution in [0.3, 0.4) is 0 Å². The van der Waals surface area contributed by atoms with Gasteiger partial charge in [-0.2, -0.15) is 0 Å². The first-order chi connectivity index (χ1) is 6.83. The fraction of sp³-hybridized carbons (Fsp3) is 0.500. The Bertz CT molecular complexity index is 311. The van der Waals surface area contributed by atoms with Gasteiger partial charge in [0.05, 0.1) is 0 Å². The molecule has 14 heavy (non-hydrogen) atoms. The molecule has 0 bridgehead atoms. The van der Waals surface area contributed by atoms with Crippen molar-refractivity contribution >= 4 is 11.8 Å². The molecule has 1 aliphatic rings. The maximum Gasteiger partial charge on any atom is 0.0107 e. The van der Waals surface area contributed by atoms with Gasteiger partial charge in [0.2, 0.25) is 0 Å². The minimum atomic E-state index is 0.608. The second-order valence-corrected chi connectivity index (χ2v) is 5.13. The number of rotatable bonds is 2. The molecule has 1 aliphatic heterocycles. The lowest BCUT2D eigenvalue weighted by molar-refractivity contribution is 0.450. The van der Waals surface area contributed by atoms with Crippen molar-refractivity contribution in [2.75, 3.05) is 12.3 Å². The molecule has 0 aliphatic carbocycles. The molecule has 2 atom stereocenters. The lowest BCUT2D eigenvalue weighted by atomic mass is 9.85. The summed E-state index contributed by atoms with van der Waals surface area (Å²) in [6.07, 6.45) is 1.28. The first-order valence-electron chi connectivity index (χ1n) is 5.24. The highest BCUT2D eigenvalue weighted by Crippen LogP contribution is 2.40. The van der Waals surface area contributed by atoms with Crippen molar-refractivity contribution in [3.63, 3.8) is 0 Å². The highest BCUT2D eigenvalue weighted by atomic mass is 32.2. The molecule has 0 saturated heterocycles. The number of benzene rings is 1. The molecule has 0 fully saturated rings. The van der Waals surface area contributed by atoms with Crippen LogP contribution >= 0.6 is 11.8 Å². The molecule has 2 heteroatoms. The van der Waals surface area contributed by atoms with Crippen molar-refractivity contribution in [1.82, 2.24) is 0 Å². The SMILES string of the molecule is CC(CN)C1CCSc2ccccc21. The van der Waals surface area contributed by atoms with Gasteiger partial charge in [-0.3, -0.25) is 0 Å². The van der Waals surface area contributed by atoms with Crippen molar-refractivity contribution in [3.8, 4) is 0 Å². The normalized spacial score (nSPS) is 22.9. The zero-order valence-electron chi connectivity index (χ0n) is 8.57. The highest BCUT2D eigenvalue weighted by molar-refractivity contribution is 7.99. The Morgan fingerprint density at radius 3 is 3.07 bits per heavy atom. The van der Waals surface area contributed by atoms with Crippen molar-refractivity contribution in [2.24, 2.45) is 11.7 Å². The monoisotopic (exact) mass is 207 g/mol. The standard InChI is InChI=1S/C12H17NS/c1-9(8-13)10-6-7-14-12-5-3-2-4-11(10)12/h2-5,9-10H,6-8,13H2,1H3. The Labute approximate surface area is 90.1 Å². The lowest BCUT2D eigenvalue weighted by Crippen LogP contribution is -2.22. The topological polar surface area (TPSA) is 26.0 Å². The minimum Gasteiger partial charge on any atom is -0.330 e. The molecule has 2 N–H and O–H groups in total. The quantitative estimate of drug-likeness (QED) is 0.807. The number of nitrogens with two attached hydrogens (primary N) is 1. The summed E-state index contributed by atoms with van der Waals surface area (Å²) >= 11 is 1.98. The third-order valence-corrected chi connectivity index (χ3v) is 4.19. The molecule has 0 radical (unpaired) electrons. The Balaban J connectivity index is 2.30. The molecular weight excluding hydrogens is 190 g/mol. The molecule has 76 valence electrons. The van der Waals surface area contributed by atoms with Gasteiger partial charge in [-0.25, -0.2) is 0 Å². The summed E-state index contributed by atoms with van der Waals surface area (Å²) in [6, 6.07) is 8.76. The van der Waals surface area contributed by atoms with Gasteiger partial charge >= 0.3 is 0 Å². The van der Waals surface area contributed by atoms with Gasteiger partial charge in [-0.1, -0.05) is 25.1 Å². The molecule has 0 amide bonds. The summed E-state index contributed by atoms with van der Waals surface area (Å²) in [5, 5.41) is 0. The van der Waals surface area contributed by atoms with Crippen molar-refractivity contribution in [1.29, 1.82) is 0 Å². The molecule has 2 unspecified atom stereocenters. The number of hydrogen-bond donors (Lipinski definition) is 1. The van der Waals surface area contributed by atoms with Crippen LogP contribution in [0.4, 0.5) is 0 Å². The van der Waals surface area contributed by atoms with Crippen LogP contribution in [0.1, 0.15) is 24.8 Å². The van der Waals surface area contributed by atoms with Crippen LogP contribution in [0, 0.1) is 5.92 Å². The molecule has 1 heterocycles. The minimum absolute atomic E-state index is 0.608. The highest BCUT2D eigenvalue weighted by Gasteiger charge is 2.24. The van der Waals surface area contributed by atoms with E-state index in [0.29, 0.717) is 11.8 Å².